The van der Waals surface area contributed by atoms with Crippen LogP contribution in [0.25, 0.3) is 0 Å². The average molecular weight is 256 g/mol. The zero-order valence-electron chi connectivity index (χ0n) is 11.1. The Bertz CT molecular complexity index is 453. The maximum absolute atomic E-state index is 13.3. The molecule has 0 saturated heterocycles. The van der Waals surface area contributed by atoms with Gasteiger partial charge in [-0.3, -0.25) is 0 Å². The summed E-state index contributed by atoms with van der Waals surface area (Å²) in [5.74, 6) is 0.897. The van der Waals surface area contributed by atoms with Crippen molar-refractivity contribution in [2.24, 2.45) is 5.92 Å². The van der Waals surface area contributed by atoms with Crippen LogP contribution in [0.2, 0.25) is 0 Å². The maximum atomic E-state index is 13.3. The number of hydrogen-bond acceptors (Lipinski definition) is 2. The highest BCUT2D eigenvalue weighted by molar-refractivity contribution is 5.55. The van der Waals surface area contributed by atoms with Crippen LogP contribution in [0.5, 0.6) is 11.5 Å². The molecular formula is C14H18F2O2. The molecule has 0 saturated carbocycles. The molecule has 0 unspecified atom stereocenters. The van der Waals surface area contributed by atoms with E-state index in [0.29, 0.717) is 12.3 Å². The third-order valence-electron chi connectivity index (χ3n) is 2.92. The SMILES string of the molecule is CC(C)Cc1ccc(C(C)C)c2c1OC(F)(F)O2. The zero-order valence-corrected chi connectivity index (χ0v) is 11.1. The molecule has 0 radical (unpaired) electrons. The summed E-state index contributed by atoms with van der Waals surface area (Å²) in [6.45, 7) is 7.96. The number of ether oxygens (including phenoxy) is 2. The number of halogens is 2. The summed E-state index contributed by atoms with van der Waals surface area (Å²) in [6, 6.07) is 3.71. The second-order valence-electron chi connectivity index (χ2n) is 5.39. The number of rotatable bonds is 3. The Hall–Kier alpha value is -1.32. The summed E-state index contributed by atoms with van der Waals surface area (Å²) in [5.41, 5.74) is 1.54. The van der Waals surface area contributed by atoms with Gasteiger partial charge in [0.05, 0.1) is 0 Å². The Labute approximate surface area is 106 Å². The molecule has 0 spiro atoms. The van der Waals surface area contributed by atoms with Gasteiger partial charge >= 0.3 is 6.29 Å². The van der Waals surface area contributed by atoms with Gasteiger partial charge in [-0.2, -0.15) is 0 Å². The van der Waals surface area contributed by atoms with E-state index < -0.39 is 6.29 Å². The van der Waals surface area contributed by atoms with E-state index in [2.05, 4.69) is 9.47 Å². The van der Waals surface area contributed by atoms with Gasteiger partial charge in [-0.05, 0) is 23.8 Å². The first-order chi connectivity index (χ1) is 8.30. The van der Waals surface area contributed by atoms with Crippen LogP contribution in [-0.4, -0.2) is 6.29 Å². The lowest BCUT2D eigenvalue weighted by molar-refractivity contribution is -0.287. The van der Waals surface area contributed by atoms with Crippen LogP contribution in [0.15, 0.2) is 12.1 Å². The van der Waals surface area contributed by atoms with E-state index >= 15 is 0 Å². The van der Waals surface area contributed by atoms with Crippen molar-refractivity contribution in [3.05, 3.63) is 23.3 Å². The number of fused-ring (bicyclic) bond motifs is 1. The van der Waals surface area contributed by atoms with Crippen LogP contribution in [-0.2, 0) is 6.42 Å². The van der Waals surface area contributed by atoms with E-state index in [9.17, 15) is 8.78 Å². The molecule has 0 atom stereocenters. The maximum Gasteiger partial charge on any atom is 0.586 e. The topological polar surface area (TPSA) is 18.5 Å². The minimum Gasteiger partial charge on any atom is -0.395 e. The normalized spacial score (nSPS) is 16.7. The van der Waals surface area contributed by atoms with Gasteiger partial charge in [0.1, 0.15) is 0 Å². The highest BCUT2D eigenvalue weighted by atomic mass is 19.3. The summed E-state index contributed by atoms with van der Waals surface area (Å²) in [6.07, 6.45) is -2.85. The van der Waals surface area contributed by atoms with Crippen molar-refractivity contribution in [3.63, 3.8) is 0 Å². The molecule has 2 rings (SSSR count). The largest absolute Gasteiger partial charge is 0.586 e. The van der Waals surface area contributed by atoms with E-state index in [0.717, 1.165) is 11.1 Å². The summed E-state index contributed by atoms with van der Waals surface area (Å²) < 4.78 is 35.8. The average Bonchev–Trinajstić information content (AvgIpc) is 2.52. The Morgan fingerprint density at radius 3 is 2.22 bits per heavy atom. The standard InChI is InChI=1S/C14H18F2O2/c1-8(2)7-10-5-6-11(9(3)4)13-12(10)17-14(15,16)18-13/h5-6,8-9H,7H2,1-4H3. The molecule has 1 aliphatic rings. The van der Waals surface area contributed by atoms with E-state index in [4.69, 9.17) is 0 Å². The molecule has 4 heteroatoms. The zero-order chi connectivity index (χ0) is 13.5. The van der Waals surface area contributed by atoms with Gasteiger partial charge in [-0.15, -0.1) is 8.78 Å². The molecule has 100 valence electrons. The first kappa shape index (κ1) is 13.1. The lowest BCUT2D eigenvalue weighted by atomic mass is 9.95. The quantitative estimate of drug-likeness (QED) is 0.801. The summed E-state index contributed by atoms with van der Waals surface area (Å²) in [4.78, 5) is 0. The van der Waals surface area contributed by atoms with Crippen molar-refractivity contribution < 1.29 is 18.3 Å². The van der Waals surface area contributed by atoms with Gasteiger partial charge < -0.3 is 9.47 Å². The van der Waals surface area contributed by atoms with Gasteiger partial charge in [-0.1, -0.05) is 39.8 Å². The molecule has 18 heavy (non-hydrogen) atoms. The lowest BCUT2D eigenvalue weighted by Crippen LogP contribution is -2.26. The van der Waals surface area contributed by atoms with Crippen molar-refractivity contribution in [1.82, 2.24) is 0 Å². The fraction of sp³-hybridized carbons (Fsp3) is 0.571. The first-order valence-electron chi connectivity index (χ1n) is 6.22. The van der Waals surface area contributed by atoms with Crippen molar-refractivity contribution in [2.45, 2.75) is 46.3 Å². The fourth-order valence-electron chi connectivity index (χ4n) is 2.15. The third kappa shape index (κ3) is 2.42. The van der Waals surface area contributed by atoms with E-state index in [1.807, 2.05) is 39.8 Å². The van der Waals surface area contributed by atoms with Gasteiger partial charge in [-0.25, -0.2) is 0 Å². The van der Waals surface area contributed by atoms with Crippen molar-refractivity contribution in [2.75, 3.05) is 0 Å². The van der Waals surface area contributed by atoms with E-state index in [1.165, 1.54) is 0 Å². The van der Waals surface area contributed by atoms with Gasteiger partial charge in [0.15, 0.2) is 11.5 Å². The molecule has 0 fully saturated rings. The third-order valence-corrected chi connectivity index (χ3v) is 2.92. The van der Waals surface area contributed by atoms with Gasteiger partial charge in [0.2, 0.25) is 0 Å². The lowest BCUT2D eigenvalue weighted by Gasteiger charge is -2.12. The minimum absolute atomic E-state index is 0.115. The number of alkyl halides is 2. The van der Waals surface area contributed by atoms with Crippen LogP contribution < -0.4 is 9.47 Å². The van der Waals surface area contributed by atoms with E-state index in [1.54, 1.807) is 0 Å². The Kier molecular flexibility index (Phi) is 3.21. The van der Waals surface area contributed by atoms with Crippen LogP contribution >= 0.6 is 0 Å². The second kappa shape index (κ2) is 4.41. The van der Waals surface area contributed by atoms with E-state index in [-0.39, 0.29) is 17.4 Å². The Balaban J connectivity index is 2.47. The Morgan fingerprint density at radius 1 is 1.06 bits per heavy atom. The molecule has 0 aliphatic carbocycles. The number of hydrogen-bond donors (Lipinski definition) is 0. The summed E-state index contributed by atoms with van der Waals surface area (Å²) in [5, 5.41) is 0. The second-order valence-corrected chi connectivity index (χ2v) is 5.39. The summed E-state index contributed by atoms with van der Waals surface area (Å²) >= 11 is 0. The number of benzene rings is 1. The van der Waals surface area contributed by atoms with Gasteiger partial charge in [0.25, 0.3) is 0 Å². The van der Waals surface area contributed by atoms with Gasteiger partial charge in [0, 0.05) is 5.56 Å². The highest BCUT2D eigenvalue weighted by Gasteiger charge is 2.45. The van der Waals surface area contributed by atoms with Crippen LogP contribution in [0.1, 0.15) is 44.7 Å². The Morgan fingerprint density at radius 2 is 1.67 bits per heavy atom. The van der Waals surface area contributed by atoms with Crippen molar-refractivity contribution in [3.8, 4) is 11.5 Å². The molecule has 1 heterocycles. The molecule has 1 aromatic rings. The molecule has 0 N–H and O–H groups in total. The minimum atomic E-state index is -3.54. The van der Waals surface area contributed by atoms with Crippen LogP contribution in [0.3, 0.4) is 0 Å². The predicted molar refractivity (Wildman–Crippen MR) is 65.3 cm³/mol. The predicted octanol–water partition coefficient (Wildman–Crippen LogP) is 4.33. The molecule has 1 aromatic carbocycles. The molecule has 0 bridgehead atoms. The van der Waals surface area contributed by atoms with Crippen molar-refractivity contribution >= 4 is 0 Å². The van der Waals surface area contributed by atoms with Crippen LogP contribution in [0.4, 0.5) is 8.78 Å². The van der Waals surface area contributed by atoms with Crippen molar-refractivity contribution in [1.29, 1.82) is 0 Å². The molecular weight excluding hydrogens is 238 g/mol. The first-order valence-corrected chi connectivity index (χ1v) is 6.22. The molecule has 1 aliphatic heterocycles. The van der Waals surface area contributed by atoms with Crippen LogP contribution in [0, 0.1) is 5.92 Å². The smallest absolute Gasteiger partial charge is 0.395 e. The fourth-order valence-corrected chi connectivity index (χ4v) is 2.15. The monoisotopic (exact) mass is 256 g/mol. The molecule has 0 aromatic heterocycles. The summed E-state index contributed by atoms with van der Waals surface area (Å²) in [7, 11) is 0. The highest BCUT2D eigenvalue weighted by Crippen LogP contribution is 2.48. The molecule has 2 nitrogen and oxygen atoms in total. The molecule has 0 amide bonds.